The van der Waals surface area contributed by atoms with Crippen LogP contribution >= 0.6 is 24.0 Å². The molecule has 0 amide bonds. The lowest BCUT2D eigenvalue weighted by Gasteiger charge is -2.29. The summed E-state index contributed by atoms with van der Waals surface area (Å²) in [7, 11) is 3.59. The molecular weight excluding hydrogens is 489 g/mol. The predicted molar refractivity (Wildman–Crippen MR) is 136 cm³/mol. The van der Waals surface area contributed by atoms with Crippen LogP contribution in [0.25, 0.3) is 0 Å². The fraction of sp³-hybridized carbons (Fsp3) is 0.696. The topological polar surface area (TPSA) is 52.1 Å². The summed E-state index contributed by atoms with van der Waals surface area (Å²) < 4.78 is 5.45. The van der Waals surface area contributed by atoms with Gasteiger partial charge in [-0.1, -0.05) is 12.1 Å². The largest absolute Gasteiger partial charge is 0.497 e. The third-order valence-electron chi connectivity index (χ3n) is 6.14. The molecule has 0 radical (unpaired) electrons. The second kappa shape index (κ2) is 14.1. The fourth-order valence-corrected chi connectivity index (χ4v) is 4.45. The third kappa shape index (κ3) is 7.89. The molecular formula is C23H40IN5O. The van der Waals surface area contributed by atoms with E-state index in [0.29, 0.717) is 6.04 Å². The molecule has 2 fully saturated rings. The standard InChI is InChI=1S/C23H39N5O.HI/c1-24-23(25-12-3-4-13-27-14-5-6-15-27)26-19-22(28-16-7-8-17-28)20-10-9-11-21(18-20)29-2;/h9-11,18,22H,3-8,12-17,19H2,1-2H3,(H2,24,25,26);1H. The molecule has 2 heterocycles. The molecule has 1 aromatic rings. The van der Waals surface area contributed by atoms with Gasteiger partial charge in [0.2, 0.25) is 0 Å². The van der Waals surface area contributed by atoms with Crippen molar-refractivity contribution in [2.75, 3.05) is 60.0 Å². The first-order valence-electron chi connectivity index (χ1n) is 11.3. The van der Waals surface area contributed by atoms with Crippen LogP contribution in [0.15, 0.2) is 29.3 Å². The van der Waals surface area contributed by atoms with E-state index in [9.17, 15) is 0 Å². The highest BCUT2D eigenvalue weighted by Gasteiger charge is 2.24. The lowest BCUT2D eigenvalue weighted by atomic mass is 10.1. The van der Waals surface area contributed by atoms with Crippen molar-refractivity contribution in [3.63, 3.8) is 0 Å². The molecule has 2 N–H and O–H groups in total. The highest BCUT2D eigenvalue weighted by molar-refractivity contribution is 14.0. The molecule has 1 unspecified atom stereocenters. The van der Waals surface area contributed by atoms with E-state index in [2.05, 4.69) is 43.6 Å². The Hall–Kier alpha value is -1.06. The molecule has 2 aliphatic heterocycles. The van der Waals surface area contributed by atoms with Gasteiger partial charge in [0.25, 0.3) is 0 Å². The zero-order valence-electron chi connectivity index (χ0n) is 18.7. The number of rotatable bonds is 10. The summed E-state index contributed by atoms with van der Waals surface area (Å²) >= 11 is 0. The van der Waals surface area contributed by atoms with Gasteiger partial charge in [-0.2, -0.15) is 0 Å². The number of nitrogens with zero attached hydrogens (tertiary/aromatic N) is 3. The van der Waals surface area contributed by atoms with Crippen molar-refractivity contribution in [1.82, 2.24) is 20.4 Å². The minimum atomic E-state index is 0. The Morgan fingerprint density at radius 3 is 2.50 bits per heavy atom. The van der Waals surface area contributed by atoms with Crippen molar-refractivity contribution in [2.45, 2.75) is 44.6 Å². The van der Waals surface area contributed by atoms with Gasteiger partial charge in [-0.05, 0) is 88.9 Å². The maximum Gasteiger partial charge on any atom is 0.191 e. The lowest BCUT2D eigenvalue weighted by molar-refractivity contribution is 0.245. The molecule has 0 saturated carbocycles. The summed E-state index contributed by atoms with van der Waals surface area (Å²) in [5, 5.41) is 7.05. The summed E-state index contributed by atoms with van der Waals surface area (Å²) in [6.07, 6.45) is 7.75. The van der Waals surface area contributed by atoms with Gasteiger partial charge >= 0.3 is 0 Å². The number of ether oxygens (including phenoxy) is 1. The molecule has 2 saturated heterocycles. The van der Waals surface area contributed by atoms with Crippen molar-refractivity contribution in [1.29, 1.82) is 0 Å². The van der Waals surface area contributed by atoms with E-state index in [0.717, 1.165) is 37.9 Å². The summed E-state index contributed by atoms with van der Waals surface area (Å²) in [5.41, 5.74) is 1.31. The maximum absolute atomic E-state index is 5.45. The molecule has 1 aromatic carbocycles. The number of methoxy groups -OCH3 is 1. The number of halogens is 1. The summed E-state index contributed by atoms with van der Waals surface area (Å²) in [4.78, 5) is 9.59. The monoisotopic (exact) mass is 529 g/mol. The number of hydrogen-bond acceptors (Lipinski definition) is 4. The molecule has 6 nitrogen and oxygen atoms in total. The number of likely N-dealkylation sites (tertiary alicyclic amines) is 2. The Morgan fingerprint density at radius 1 is 1.07 bits per heavy atom. The second-order valence-electron chi connectivity index (χ2n) is 8.17. The van der Waals surface area contributed by atoms with Gasteiger partial charge in [-0.25, -0.2) is 0 Å². The van der Waals surface area contributed by atoms with E-state index < -0.39 is 0 Å². The van der Waals surface area contributed by atoms with Crippen LogP contribution in [0.1, 0.15) is 50.1 Å². The molecule has 7 heteroatoms. The smallest absolute Gasteiger partial charge is 0.191 e. The Labute approximate surface area is 199 Å². The van der Waals surface area contributed by atoms with Gasteiger partial charge in [0, 0.05) is 20.1 Å². The Balaban J connectivity index is 0.00000320. The van der Waals surface area contributed by atoms with Crippen molar-refractivity contribution in [3.8, 4) is 5.75 Å². The number of hydrogen-bond donors (Lipinski definition) is 2. The highest BCUT2D eigenvalue weighted by Crippen LogP contribution is 2.27. The molecule has 170 valence electrons. The van der Waals surface area contributed by atoms with E-state index in [1.807, 2.05) is 13.1 Å². The average molecular weight is 530 g/mol. The number of unbranched alkanes of at least 4 members (excludes halogenated alkanes) is 1. The first-order chi connectivity index (χ1) is 14.3. The Bertz CT molecular complexity index is 630. The Kier molecular flexibility index (Phi) is 11.8. The van der Waals surface area contributed by atoms with Crippen LogP contribution in [-0.4, -0.2) is 75.7 Å². The molecule has 0 aliphatic carbocycles. The maximum atomic E-state index is 5.45. The minimum absolute atomic E-state index is 0. The molecule has 0 spiro atoms. The van der Waals surface area contributed by atoms with Crippen LogP contribution in [0.4, 0.5) is 0 Å². The molecule has 2 aliphatic rings. The first kappa shape index (κ1) is 25.2. The fourth-order valence-electron chi connectivity index (χ4n) is 4.45. The van der Waals surface area contributed by atoms with E-state index >= 15 is 0 Å². The molecule has 1 atom stereocenters. The van der Waals surface area contributed by atoms with Crippen molar-refractivity contribution < 1.29 is 4.74 Å². The van der Waals surface area contributed by atoms with Crippen LogP contribution in [0.5, 0.6) is 5.75 Å². The third-order valence-corrected chi connectivity index (χ3v) is 6.14. The number of aliphatic imine (C=N–C) groups is 1. The van der Waals surface area contributed by atoms with Gasteiger partial charge in [-0.15, -0.1) is 24.0 Å². The highest BCUT2D eigenvalue weighted by atomic mass is 127. The van der Waals surface area contributed by atoms with Crippen LogP contribution < -0.4 is 15.4 Å². The van der Waals surface area contributed by atoms with E-state index in [1.165, 1.54) is 63.7 Å². The number of nitrogens with one attached hydrogen (secondary N) is 2. The quantitative estimate of drug-likeness (QED) is 0.211. The summed E-state index contributed by atoms with van der Waals surface area (Å²) in [5.74, 6) is 1.82. The van der Waals surface area contributed by atoms with Gasteiger partial charge in [0.1, 0.15) is 5.75 Å². The second-order valence-corrected chi connectivity index (χ2v) is 8.17. The molecule has 0 bridgehead atoms. The van der Waals surface area contributed by atoms with Crippen LogP contribution in [0, 0.1) is 0 Å². The zero-order valence-corrected chi connectivity index (χ0v) is 21.1. The zero-order chi connectivity index (χ0) is 20.3. The van der Waals surface area contributed by atoms with Gasteiger partial charge < -0.3 is 20.3 Å². The average Bonchev–Trinajstić information content (AvgIpc) is 3.47. The minimum Gasteiger partial charge on any atom is -0.497 e. The summed E-state index contributed by atoms with van der Waals surface area (Å²) in [6.45, 7) is 7.96. The van der Waals surface area contributed by atoms with Gasteiger partial charge in [0.15, 0.2) is 5.96 Å². The molecule has 0 aromatic heterocycles. The number of guanidine groups is 1. The normalized spacial score (nSPS) is 18.8. The SMILES string of the molecule is CN=C(NCCCCN1CCCC1)NCC(c1cccc(OC)c1)N1CCCC1.I. The lowest BCUT2D eigenvalue weighted by Crippen LogP contribution is -2.43. The van der Waals surface area contributed by atoms with Crippen LogP contribution in [0.2, 0.25) is 0 Å². The van der Waals surface area contributed by atoms with Crippen LogP contribution in [-0.2, 0) is 0 Å². The Morgan fingerprint density at radius 2 is 1.80 bits per heavy atom. The first-order valence-corrected chi connectivity index (χ1v) is 11.3. The van der Waals surface area contributed by atoms with Crippen molar-refractivity contribution in [2.24, 2.45) is 4.99 Å². The summed E-state index contributed by atoms with van der Waals surface area (Å²) in [6, 6.07) is 8.81. The van der Waals surface area contributed by atoms with Gasteiger partial charge in [-0.3, -0.25) is 9.89 Å². The number of benzene rings is 1. The van der Waals surface area contributed by atoms with E-state index in [-0.39, 0.29) is 24.0 Å². The van der Waals surface area contributed by atoms with E-state index in [4.69, 9.17) is 4.74 Å². The predicted octanol–water partition coefficient (Wildman–Crippen LogP) is 3.49. The molecule has 30 heavy (non-hydrogen) atoms. The van der Waals surface area contributed by atoms with E-state index in [1.54, 1.807) is 7.11 Å². The van der Waals surface area contributed by atoms with Gasteiger partial charge in [0.05, 0.1) is 13.2 Å². The van der Waals surface area contributed by atoms with Crippen LogP contribution in [0.3, 0.4) is 0 Å². The van der Waals surface area contributed by atoms with Crippen molar-refractivity contribution >= 4 is 29.9 Å². The van der Waals surface area contributed by atoms with Crippen molar-refractivity contribution in [3.05, 3.63) is 29.8 Å². The molecule has 3 rings (SSSR count).